The third kappa shape index (κ3) is 6.25. The van der Waals surface area contributed by atoms with Crippen LogP contribution in [0.3, 0.4) is 0 Å². The molecule has 8 rings (SSSR count). The van der Waals surface area contributed by atoms with Crippen LogP contribution in [0.2, 0.25) is 19.6 Å². The van der Waals surface area contributed by atoms with Gasteiger partial charge in [0.15, 0.2) is 0 Å². The van der Waals surface area contributed by atoms with Crippen LogP contribution in [-0.4, -0.2) is 22.6 Å². The minimum atomic E-state index is -2.47. The standard InChI is InChI=1S/C25H15N2O.C15H18NSi.Ir/c1-2-8-18(9-3-1)27-22-12-6-5-11-21(22)26-25(27)17-14-15-20-19-10-4-7-13-23(19)28-24(20)16-17;1-12-5-7-13(8-6-12)15-10-9-14(11-16-15)17(2,3)4;/h1-13,15-16H;5-7,9-11H,1-4H3;/q2*-1;/i;1D3,5D,6D;. The van der Waals surface area contributed by atoms with Crippen LogP contribution in [0.5, 0.6) is 0 Å². The smallest absolute Gasteiger partial charge is 0.123 e. The first-order valence-electron chi connectivity index (χ1n) is 17.3. The van der Waals surface area contributed by atoms with Crippen LogP contribution in [0.25, 0.3) is 61.3 Å². The van der Waals surface area contributed by atoms with Crippen molar-refractivity contribution < 1.29 is 31.4 Å². The maximum atomic E-state index is 7.88. The van der Waals surface area contributed by atoms with Gasteiger partial charge in [-0.05, 0) is 46.6 Å². The number of pyridine rings is 1. The van der Waals surface area contributed by atoms with Gasteiger partial charge in [0.1, 0.15) is 5.58 Å². The van der Waals surface area contributed by atoms with E-state index in [0.717, 1.165) is 50.0 Å². The van der Waals surface area contributed by atoms with Crippen molar-refractivity contribution in [1.82, 2.24) is 14.5 Å². The molecule has 229 valence electrons. The number of para-hydroxylation sites is 4. The second-order valence-electron chi connectivity index (χ2n) is 11.8. The van der Waals surface area contributed by atoms with E-state index in [2.05, 4.69) is 65.6 Å². The summed E-state index contributed by atoms with van der Waals surface area (Å²) in [4.78, 5) is 9.30. The molecule has 3 heterocycles. The molecule has 6 heteroatoms. The fourth-order valence-corrected chi connectivity index (χ4v) is 6.35. The van der Waals surface area contributed by atoms with E-state index in [0.29, 0.717) is 11.3 Å². The number of furan rings is 1. The Bertz CT molecular complexity index is 2460. The molecule has 0 spiro atoms. The summed E-state index contributed by atoms with van der Waals surface area (Å²) in [5, 5.41) is 3.39. The van der Waals surface area contributed by atoms with Gasteiger partial charge in [-0.15, -0.1) is 53.0 Å². The fourth-order valence-electron chi connectivity index (χ4n) is 5.32. The second kappa shape index (κ2) is 13.0. The Morgan fingerprint density at radius 1 is 0.804 bits per heavy atom. The molecular weight excluding hydrogens is 759 g/mol. The van der Waals surface area contributed by atoms with Crippen molar-refractivity contribution in [3.05, 3.63) is 145 Å². The summed E-state index contributed by atoms with van der Waals surface area (Å²) in [6.07, 6.45) is 1.82. The first kappa shape index (κ1) is 25.6. The maximum absolute atomic E-state index is 7.88. The first-order chi connectivity index (χ1) is 23.9. The zero-order valence-corrected chi connectivity index (χ0v) is 28.9. The summed E-state index contributed by atoms with van der Waals surface area (Å²) in [7, 11) is -1.43. The summed E-state index contributed by atoms with van der Waals surface area (Å²) in [6, 6.07) is 41.6. The Labute approximate surface area is 291 Å². The molecule has 8 aromatic rings. The van der Waals surface area contributed by atoms with Crippen LogP contribution in [0.1, 0.15) is 12.4 Å². The molecule has 0 atom stereocenters. The van der Waals surface area contributed by atoms with Crippen LogP contribution < -0.4 is 5.19 Å². The van der Waals surface area contributed by atoms with Crippen molar-refractivity contribution in [2.24, 2.45) is 0 Å². The molecule has 3 aromatic heterocycles. The summed E-state index contributed by atoms with van der Waals surface area (Å²) >= 11 is 0. The predicted octanol–water partition coefficient (Wildman–Crippen LogP) is 9.79. The molecule has 1 radical (unpaired) electrons. The fraction of sp³-hybridized carbons (Fsp3) is 0.100. The van der Waals surface area contributed by atoms with Gasteiger partial charge in [-0.3, -0.25) is 4.98 Å². The van der Waals surface area contributed by atoms with Crippen molar-refractivity contribution in [3.8, 4) is 28.3 Å². The number of hydrogen-bond acceptors (Lipinski definition) is 3. The molecule has 0 aliphatic carbocycles. The van der Waals surface area contributed by atoms with E-state index < -0.39 is 14.9 Å². The monoisotopic (exact) mass is 797 g/mol. The topological polar surface area (TPSA) is 43.9 Å². The Balaban J connectivity index is 0.000000178. The van der Waals surface area contributed by atoms with E-state index in [4.69, 9.17) is 16.3 Å². The van der Waals surface area contributed by atoms with E-state index in [-0.39, 0.29) is 37.8 Å². The van der Waals surface area contributed by atoms with Gasteiger partial charge < -0.3 is 14.0 Å². The first-order valence-corrected chi connectivity index (χ1v) is 18.3. The average molecular weight is 797 g/mol. The van der Waals surface area contributed by atoms with Crippen LogP contribution in [0.4, 0.5) is 0 Å². The Morgan fingerprint density at radius 2 is 1.59 bits per heavy atom. The number of rotatable bonds is 4. The molecule has 46 heavy (non-hydrogen) atoms. The summed E-state index contributed by atoms with van der Waals surface area (Å²) in [5.41, 5.74) is 6.56. The van der Waals surface area contributed by atoms with Gasteiger partial charge in [-0.2, -0.15) is 0 Å². The molecule has 0 bridgehead atoms. The van der Waals surface area contributed by atoms with Gasteiger partial charge in [0.25, 0.3) is 0 Å². The SMILES string of the molecule is [2H]c1[c-]c(-c2ccc([Si](C)(C)C)cn2)cc([2H])c1C([2H])([2H])[2H].[Ir].[c-]1cc2c(cc1-c1nc3ccccc3n1-c1ccccc1)oc1ccccc12. The van der Waals surface area contributed by atoms with Gasteiger partial charge in [0.2, 0.25) is 0 Å². The minimum absolute atomic E-state index is 0. The van der Waals surface area contributed by atoms with Crippen molar-refractivity contribution in [2.45, 2.75) is 26.5 Å². The van der Waals surface area contributed by atoms with Gasteiger partial charge in [-0.25, -0.2) is 0 Å². The van der Waals surface area contributed by atoms with E-state index in [1.54, 1.807) is 0 Å². The molecule has 0 N–H and O–H groups in total. The molecule has 5 aromatic carbocycles. The average Bonchev–Trinajstić information content (AvgIpc) is 3.66. The van der Waals surface area contributed by atoms with Gasteiger partial charge >= 0.3 is 0 Å². The van der Waals surface area contributed by atoms with Crippen LogP contribution in [-0.2, 0) is 20.1 Å². The van der Waals surface area contributed by atoms with Gasteiger partial charge in [-0.1, -0.05) is 98.6 Å². The Hall–Kier alpha value is -4.61. The maximum Gasteiger partial charge on any atom is 0.123 e. The van der Waals surface area contributed by atoms with Crippen molar-refractivity contribution in [3.63, 3.8) is 0 Å². The van der Waals surface area contributed by atoms with E-state index >= 15 is 0 Å². The normalized spacial score (nSPS) is 13.2. The minimum Gasteiger partial charge on any atom is -0.476 e. The van der Waals surface area contributed by atoms with Crippen LogP contribution in [0.15, 0.2) is 132 Å². The van der Waals surface area contributed by atoms with E-state index in [1.165, 1.54) is 11.3 Å². The number of benzene rings is 5. The number of nitrogens with zero attached hydrogens (tertiary/aromatic N) is 3. The Morgan fingerprint density at radius 3 is 2.35 bits per heavy atom. The number of fused-ring (bicyclic) bond motifs is 4. The molecule has 0 unspecified atom stereocenters. The molecule has 0 aliphatic heterocycles. The van der Waals surface area contributed by atoms with Gasteiger partial charge in [0.05, 0.1) is 30.5 Å². The van der Waals surface area contributed by atoms with Crippen LogP contribution >= 0.6 is 0 Å². The van der Waals surface area contributed by atoms with Gasteiger partial charge in [0, 0.05) is 38.8 Å². The number of imidazole rings is 1. The molecule has 0 saturated heterocycles. The third-order valence-corrected chi connectivity index (χ3v) is 9.74. The number of aromatic nitrogens is 3. The van der Waals surface area contributed by atoms with Crippen LogP contribution in [0, 0.1) is 19.0 Å². The van der Waals surface area contributed by atoms with Crippen molar-refractivity contribution >= 4 is 46.2 Å². The van der Waals surface area contributed by atoms with E-state index in [1.807, 2.05) is 85.1 Å². The molecule has 0 fully saturated rings. The largest absolute Gasteiger partial charge is 0.476 e. The Kier molecular flexibility index (Phi) is 7.23. The summed E-state index contributed by atoms with van der Waals surface area (Å²) < 4.78 is 46.1. The molecule has 0 amide bonds. The van der Waals surface area contributed by atoms with E-state index in [9.17, 15) is 0 Å². The zero-order chi connectivity index (χ0) is 35.2. The molecular formula is C40H33IrN3OSi-2. The summed E-state index contributed by atoms with van der Waals surface area (Å²) in [6.45, 7) is 4.21. The third-order valence-electron chi connectivity index (χ3n) is 7.71. The number of hydrogen-bond donors (Lipinski definition) is 0. The molecule has 0 aliphatic rings. The quantitative estimate of drug-likeness (QED) is 0.132. The molecule has 0 saturated carbocycles. The van der Waals surface area contributed by atoms with Crippen molar-refractivity contribution in [2.75, 3.05) is 0 Å². The summed E-state index contributed by atoms with van der Waals surface area (Å²) in [5.74, 6) is 0.856. The zero-order valence-electron chi connectivity index (χ0n) is 30.6. The predicted molar refractivity (Wildman–Crippen MR) is 189 cm³/mol. The van der Waals surface area contributed by atoms with Crippen molar-refractivity contribution in [1.29, 1.82) is 0 Å². The second-order valence-corrected chi connectivity index (χ2v) is 16.9. The molecule has 4 nitrogen and oxygen atoms in total.